The summed E-state index contributed by atoms with van der Waals surface area (Å²) in [4.78, 5) is 13.4. The second kappa shape index (κ2) is 8.26. The number of nitrogens with zero attached hydrogens (tertiary/aromatic N) is 1. The second-order valence-electron chi connectivity index (χ2n) is 7.89. The number of carbonyl (C=O) groups is 1. The lowest BCUT2D eigenvalue weighted by molar-refractivity contribution is -0.123. The highest BCUT2D eigenvalue weighted by Crippen LogP contribution is 2.31. The number of aromatic amines is 1. The van der Waals surface area contributed by atoms with Crippen molar-refractivity contribution in [2.24, 2.45) is 0 Å². The minimum Gasteiger partial charge on any atom is -0.381 e. The van der Waals surface area contributed by atoms with Crippen molar-refractivity contribution in [1.29, 1.82) is 0 Å². The zero-order valence-corrected chi connectivity index (χ0v) is 17.3. The van der Waals surface area contributed by atoms with Gasteiger partial charge in [-0.05, 0) is 53.8 Å². The average molecular weight is 426 g/mol. The van der Waals surface area contributed by atoms with E-state index in [4.69, 9.17) is 16.3 Å². The minimum atomic E-state index is -0.598. The molecule has 156 valence electrons. The summed E-state index contributed by atoms with van der Waals surface area (Å²) in [7, 11) is 0. The van der Waals surface area contributed by atoms with Crippen LogP contribution in [0.15, 0.2) is 36.5 Å². The Morgan fingerprint density at radius 3 is 2.87 bits per heavy atom. The third-order valence-electron chi connectivity index (χ3n) is 5.84. The van der Waals surface area contributed by atoms with Crippen molar-refractivity contribution < 1.29 is 9.53 Å². The van der Waals surface area contributed by atoms with Crippen LogP contribution < -0.4 is 16.0 Å². The van der Waals surface area contributed by atoms with Gasteiger partial charge in [-0.3, -0.25) is 9.89 Å². The molecule has 2 aliphatic heterocycles. The highest BCUT2D eigenvalue weighted by Gasteiger charge is 2.27. The molecule has 8 heteroatoms. The van der Waals surface area contributed by atoms with Crippen LogP contribution >= 0.6 is 11.6 Å². The maximum atomic E-state index is 13.4. The number of hydrogen-bond acceptors (Lipinski definition) is 5. The number of amides is 1. The van der Waals surface area contributed by atoms with E-state index in [0.29, 0.717) is 18.2 Å². The van der Waals surface area contributed by atoms with E-state index in [2.05, 4.69) is 38.3 Å². The molecule has 4 N–H and O–H groups in total. The normalized spacial score (nSPS) is 17.6. The molecule has 0 aliphatic carbocycles. The van der Waals surface area contributed by atoms with Crippen LogP contribution in [-0.2, 0) is 22.6 Å². The minimum absolute atomic E-state index is 0.0784. The third kappa shape index (κ3) is 3.88. The van der Waals surface area contributed by atoms with Gasteiger partial charge in [0.25, 0.3) is 0 Å². The lowest BCUT2D eigenvalue weighted by atomic mass is 9.99. The molecule has 7 nitrogen and oxygen atoms in total. The smallest absolute Gasteiger partial charge is 0.247 e. The number of aromatic nitrogens is 2. The molecule has 1 saturated heterocycles. The molecule has 3 aromatic rings. The monoisotopic (exact) mass is 425 g/mol. The van der Waals surface area contributed by atoms with Crippen molar-refractivity contribution >= 4 is 34.1 Å². The molecule has 2 aromatic carbocycles. The highest BCUT2D eigenvalue weighted by atomic mass is 35.5. The first-order valence-corrected chi connectivity index (χ1v) is 10.6. The molecule has 5 rings (SSSR count). The van der Waals surface area contributed by atoms with E-state index in [1.165, 1.54) is 11.1 Å². The number of ether oxygens (including phenoxy) is 1. The summed E-state index contributed by atoms with van der Waals surface area (Å²) in [5.74, 6) is -0.0784. The first-order chi connectivity index (χ1) is 14.7. The van der Waals surface area contributed by atoms with Crippen LogP contribution in [0.5, 0.6) is 0 Å². The van der Waals surface area contributed by atoms with E-state index < -0.39 is 6.04 Å². The summed E-state index contributed by atoms with van der Waals surface area (Å²) < 4.78 is 5.42. The Kier molecular flexibility index (Phi) is 5.33. The van der Waals surface area contributed by atoms with E-state index in [1.54, 1.807) is 6.20 Å². The molecule has 30 heavy (non-hydrogen) atoms. The number of hydrogen-bond donors (Lipinski definition) is 4. The Morgan fingerprint density at radius 1 is 1.17 bits per heavy atom. The zero-order valence-electron chi connectivity index (χ0n) is 16.5. The van der Waals surface area contributed by atoms with Crippen molar-refractivity contribution in [2.75, 3.05) is 18.5 Å². The molecule has 2 aliphatic rings. The van der Waals surface area contributed by atoms with Crippen molar-refractivity contribution in [1.82, 2.24) is 20.8 Å². The molecular formula is C22H24ClN5O2. The highest BCUT2D eigenvalue weighted by molar-refractivity contribution is 6.31. The molecule has 1 aromatic heterocycles. The number of anilines is 1. The average Bonchev–Trinajstić information content (AvgIpc) is 3.41. The van der Waals surface area contributed by atoms with Gasteiger partial charge in [-0.15, -0.1) is 0 Å². The predicted octanol–water partition coefficient (Wildman–Crippen LogP) is 3.27. The van der Waals surface area contributed by atoms with Crippen molar-refractivity contribution in [3.63, 3.8) is 0 Å². The lowest BCUT2D eigenvalue weighted by Crippen LogP contribution is -2.43. The lowest BCUT2D eigenvalue weighted by Gasteiger charge is -2.27. The van der Waals surface area contributed by atoms with Gasteiger partial charge in [0.05, 0.1) is 11.7 Å². The number of fused-ring (bicyclic) bond motifs is 2. The standard InChI is InChI=1S/C22H24ClN5O2/c23-15-8-18(19-12-25-28-20(19)9-15)21(22(29)27-16-3-5-30-6-4-16)26-17-2-1-13-10-24-11-14(13)7-17/h1-2,7-9,12,16,21,24,26H,3-6,10-11H2,(H,25,28)(H,27,29)/t21-/m1/s1. The number of nitrogens with one attached hydrogen (secondary N) is 4. The van der Waals surface area contributed by atoms with Crippen LogP contribution in [0, 0.1) is 0 Å². The molecule has 3 heterocycles. The molecule has 0 radical (unpaired) electrons. The fourth-order valence-corrected chi connectivity index (χ4v) is 4.47. The number of rotatable bonds is 5. The third-order valence-corrected chi connectivity index (χ3v) is 6.06. The summed E-state index contributed by atoms with van der Waals surface area (Å²) in [6, 6.07) is 9.42. The van der Waals surface area contributed by atoms with Gasteiger partial charge in [0.15, 0.2) is 0 Å². The maximum absolute atomic E-state index is 13.4. The van der Waals surface area contributed by atoms with Crippen molar-refractivity contribution in [3.05, 3.63) is 58.2 Å². The second-order valence-corrected chi connectivity index (χ2v) is 8.32. The summed E-state index contributed by atoms with van der Waals surface area (Å²) in [6.07, 6.45) is 3.38. The summed E-state index contributed by atoms with van der Waals surface area (Å²) in [5, 5.41) is 18.5. The molecule has 0 bridgehead atoms. The van der Waals surface area contributed by atoms with Gasteiger partial charge in [0, 0.05) is 48.4 Å². The van der Waals surface area contributed by atoms with E-state index in [0.717, 1.165) is 48.1 Å². The topological polar surface area (TPSA) is 91.1 Å². The predicted molar refractivity (Wildman–Crippen MR) is 116 cm³/mol. The molecule has 1 fully saturated rings. The van der Waals surface area contributed by atoms with Gasteiger partial charge < -0.3 is 20.7 Å². The largest absolute Gasteiger partial charge is 0.381 e. The van der Waals surface area contributed by atoms with Crippen LogP contribution in [0.25, 0.3) is 10.9 Å². The molecule has 0 saturated carbocycles. The fourth-order valence-electron chi connectivity index (χ4n) is 4.24. The van der Waals surface area contributed by atoms with Gasteiger partial charge in [-0.2, -0.15) is 5.10 Å². The van der Waals surface area contributed by atoms with Crippen LogP contribution in [0.1, 0.15) is 35.6 Å². The molecule has 1 atom stereocenters. The summed E-state index contributed by atoms with van der Waals surface area (Å²) in [6.45, 7) is 3.06. The Bertz CT molecular complexity index is 1080. The van der Waals surface area contributed by atoms with E-state index in [9.17, 15) is 4.79 Å². The SMILES string of the molecule is O=C(NC1CCOCC1)[C@H](Nc1ccc2c(c1)CNC2)c1cc(Cl)cc2[nH]ncc12. The fraction of sp³-hybridized carbons (Fsp3) is 0.364. The summed E-state index contributed by atoms with van der Waals surface area (Å²) in [5.41, 5.74) is 5.06. The quantitative estimate of drug-likeness (QED) is 0.503. The zero-order chi connectivity index (χ0) is 20.5. The van der Waals surface area contributed by atoms with Gasteiger partial charge in [0.2, 0.25) is 5.91 Å². The van der Waals surface area contributed by atoms with Crippen molar-refractivity contribution in [2.45, 2.75) is 38.0 Å². The number of benzene rings is 2. The van der Waals surface area contributed by atoms with Gasteiger partial charge >= 0.3 is 0 Å². The van der Waals surface area contributed by atoms with Gasteiger partial charge in [-0.1, -0.05) is 17.7 Å². The van der Waals surface area contributed by atoms with E-state index >= 15 is 0 Å². The molecular weight excluding hydrogens is 402 g/mol. The van der Waals surface area contributed by atoms with Gasteiger partial charge in [0.1, 0.15) is 6.04 Å². The Morgan fingerprint density at radius 2 is 2.00 bits per heavy atom. The van der Waals surface area contributed by atoms with Crippen LogP contribution in [0.4, 0.5) is 5.69 Å². The first kappa shape index (κ1) is 19.4. The van der Waals surface area contributed by atoms with Crippen molar-refractivity contribution in [3.8, 4) is 0 Å². The number of halogens is 1. The van der Waals surface area contributed by atoms with Gasteiger partial charge in [-0.25, -0.2) is 0 Å². The Labute approximate surface area is 179 Å². The molecule has 0 spiro atoms. The number of carbonyl (C=O) groups excluding carboxylic acids is 1. The Hall–Kier alpha value is -2.61. The van der Waals surface area contributed by atoms with Crippen LogP contribution in [0.2, 0.25) is 5.02 Å². The van der Waals surface area contributed by atoms with E-state index in [-0.39, 0.29) is 11.9 Å². The van der Waals surface area contributed by atoms with Crippen LogP contribution in [0.3, 0.4) is 0 Å². The van der Waals surface area contributed by atoms with Crippen LogP contribution in [-0.4, -0.2) is 35.4 Å². The Balaban J connectivity index is 1.49. The molecule has 1 amide bonds. The number of H-pyrrole nitrogens is 1. The molecule has 0 unspecified atom stereocenters. The first-order valence-electron chi connectivity index (χ1n) is 10.3. The maximum Gasteiger partial charge on any atom is 0.247 e. The van der Waals surface area contributed by atoms with E-state index in [1.807, 2.05) is 18.2 Å². The summed E-state index contributed by atoms with van der Waals surface area (Å²) >= 11 is 6.37.